The lowest BCUT2D eigenvalue weighted by atomic mass is 10.1. The van der Waals surface area contributed by atoms with Crippen LogP contribution < -0.4 is 5.73 Å². The van der Waals surface area contributed by atoms with Gasteiger partial charge in [-0.15, -0.1) is 0 Å². The number of aromatic nitrogens is 1. The first-order valence-electron chi connectivity index (χ1n) is 6.48. The lowest BCUT2D eigenvalue weighted by Gasteiger charge is -2.08. The number of nitrogens with zero attached hydrogens (tertiary/aromatic N) is 1. The Morgan fingerprint density at radius 2 is 2.06 bits per heavy atom. The maximum absolute atomic E-state index is 5.54. The zero-order valence-electron chi connectivity index (χ0n) is 10.8. The molecule has 17 heavy (non-hydrogen) atoms. The van der Waals surface area contributed by atoms with Gasteiger partial charge in [0.05, 0.1) is 0 Å². The summed E-state index contributed by atoms with van der Waals surface area (Å²) in [5.74, 6) is 0.683. The number of benzene rings is 1. The van der Waals surface area contributed by atoms with Crippen LogP contribution in [0, 0.1) is 5.92 Å². The molecule has 2 heteroatoms. The highest BCUT2D eigenvalue weighted by Gasteiger charge is 2.03. The van der Waals surface area contributed by atoms with Crippen LogP contribution in [-0.2, 0) is 13.0 Å². The van der Waals surface area contributed by atoms with E-state index in [4.69, 9.17) is 5.73 Å². The molecule has 0 aliphatic heterocycles. The minimum Gasteiger partial charge on any atom is -0.347 e. The predicted octanol–water partition coefficient (Wildman–Crippen LogP) is 3.19. The Labute approximate surface area is 103 Å². The molecule has 1 heterocycles. The lowest BCUT2D eigenvalue weighted by molar-refractivity contribution is 0.535. The number of hydrogen-bond acceptors (Lipinski definition) is 1. The van der Waals surface area contributed by atoms with Gasteiger partial charge in [-0.3, -0.25) is 0 Å². The van der Waals surface area contributed by atoms with Crippen LogP contribution in [0.15, 0.2) is 30.5 Å². The molecule has 0 atom stereocenters. The molecule has 0 bridgehead atoms. The van der Waals surface area contributed by atoms with Crippen molar-refractivity contribution in [2.75, 3.05) is 6.54 Å². The molecular formula is C15H22N2. The zero-order valence-corrected chi connectivity index (χ0v) is 10.8. The van der Waals surface area contributed by atoms with E-state index in [9.17, 15) is 0 Å². The van der Waals surface area contributed by atoms with Crippen LogP contribution in [0.5, 0.6) is 0 Å². The van der Waals surface area contributed by atoms with E-state index in [1.807, 2.05) is 0 Å². The van der Waals surface area contributed by atoms with Crippen molar-refractivity contribution in [2.24, 2.45) is 11.7 Å². The molecule has 0 amide bonds. The van der Waals surface area contributed by atoms with Crippen LogP contribution >= 0.6 is 0 Å². The SMILES string of the molecule is CC(C)Cn1ccc2cc(CCCN)ccc21. The molecule has 0 spiro atoms. The van der Waals surface area contributed by atoms with Crippen LogP contribution in [0.3, 0.4) is 0 Å². The molecule has 2 aromatic rings. The Morgan fingerprint density at radius 3 is 2.76 bits per heavy atom. The van der Waals surface area contributed by atoms with Gasteiger partial charge in [-0.25, -0.2) is 0 Å². The maximum Gasteiger partial charge on any atom is 0.0480 e. The summed E-state index contributed by atoms with van der Waals surface area (Å²) in [7, 11) is 0. The number of fused-ring (bicyclic) bond motifs is 1. The molecule has 2 nitrogen and oxygen atoms in total. The van der Waals surface area contributed by atoms with Gasteiger partial charge in [0.1, 0.15) is 0 Å². The second kappa shape index (κ2) is 5.37. The second-order valence-corrected chi connectivity index (χ2v) is 5.15. The topological polar surface area (TPSA) is 30.9 Å². The van der Waals surface area contributed by atoms with Crippen LogP contribution in [0.25, 0.3) is 10.9 Å². The monoisotopic (exact) mass is 230 g/mol. The molecule has 2 N–H and O–H groups in total. The Hall–Kier alpha value is -1.28. The molecule has 2 rings (SSSR count). The van der Waals surface area contributed by atoms with Crippen LogP contribution in [-0.4, -0.2) is 11.1 Å². The molecule has 1 aromatic heterocycles. The summed E-state index contributed by atoms with van der Waals surface area (Å²) in [6.07, 6.45) is 4.34. The van der Waals surface area contributed by atoms with Crippen molar-refractivity contribution in [3.05, 3.63) is 36.0 Å². The molecule has 92 valence electrons. The highest BCUT2D eigenvalue weighted by atomic mass is 15.0. The van der Waals surface area contributed by atoms with Crippen molar-refractivity contribution in [2.45, 2.75) is 33.2 Å². The van der Waals surface area contributed by atoms with Gasteiger partial charge in [-0.2, -0.15) is 0 Å². The Morgan fingerprint density at radius 1 is 1.24 bits per heavy atom. The largest absolute Gasteiger partial charge is 0.347 e. The summed E-state index contributed by atoms with van der Waals surface area (Å²) in [5.41, 5.74) is 8.28. The van der Waals surface area contributed by atoms with Gasteiger partial charge in [-0.1, -0.05) is 19.9 Å². The average molecular weight is 230 g/mol. The van der Waals surface area contributed by atoms with Gasteiger partial charge in [0.15, 0.2) is 0 Å². The number of aryl methyl sites for hydroxylation is 1. The van der Waals surface area contributed by atoms with Crippen molar-refractivity contribution in [3.8, 4) is 0 Å². The molecule has 0 fully saturated rings. The van der Waals surface area contributed by atoms with Crippen molar-refractivity contribution in [3.63, 3.8) is 0 Å². The van der Waals surface area contributed by atoms with Crippen LogP contribution in [0.1, 0.15) is 25.8 Å². The van der Waals surface area contributed by atoms with E-state index in [0.717, 1.165) is 25.9 Å². The third-order valence-corrected chi connectivity index (χ3v) is 3.07. The minimum absolute atomic E-state index is 0.683. The first-order chi connectivity index (χ1) is 8.20. The number of hydrogen-bond donors (Lipinski definition) is 1. The summed E-state index contributed by atoms with van der Waals surface area (Å²) in [6, 6.07) is 8.98. The first kappa shape index (κ1) is 12.2. The van der Waals surface area contributed by atoms with Crippen molar-refractivity contribution in [1.29, 1.82) is 0 Å². The standard InChI is InChI=1S/C15H22N2/c1-12(2)11-17-9-7-14-10-13(4-3-8-16)5-6-15(14)17/h5-7,9-10,12H,3-4,8,11,16H2,1-2H3. The fourth-order valence-corrected chi connectivity index (χ4v) is 2.26. The number of rotatable bonds is 5. The Balaban J connectivity index is 2.25. The molecule has 1 aromatic carbocycles. The van der Waals surface area contributed by atoms with E-state index in [1.54, 1.807) is 0 Å². The molecule has 0 aliphatic rings. The van der Waals surface area contributed by atoms with Crippen molar-refractivity contribution >= 4 is 10.9 Å². The van der Waals surface area contributed by atoms with Gasteiger partial charge < -0.3 is 10.3 Å². The zero-order chi connectivity index (χ0) is 12.3. The van der Waals surface area contributed by atoms with Gasteiger partial charge in [0, 0.05) is 18.3 Å². The van der Waals surface area contributed by atoms with E-state index in [2.05, 4.69) is 48.9 Å². The summed E-state index contributed by atoms with van der Waals surface area (Å²) in [5, 5.41) is 1.35. The summed E-state index contributed by atoms with van der Waals surface area (Å²) in [4.78, 5) is 0. The third-order valence-electron chi connectivity index (χ3n) is 3.07. The van der Waals surface area contributed by atoms with E-state index < -0.39 is 0 Å². The summed E-state index contributed by atoms with van der Waals surface area (Å²) in [6.45, 7) is 6.36. The Kier molecular flexibility index (Phi) is 3.85. The molecule has 0 saturated carbocycles. The predicted molar refractivity (Wildman–Crippen MR) is 74.2 cm³/mol. The molecule has 0 saturated heterocycles. The van der Waals surface area contributed by atoms with Crippen LogP contribution in [0.4, 0.5) is 0 Å². The normalized spacial score (nSPS) is 11.5. The molecule has 0 aliphatic carbocycles. The highest BCUT2D eigenvalue weighted by Crippen LogP contribution is 2.19. The van der Waals surface area contributed by atoms with E-state index >= 15 is 0 Å². The van der Waals surface area contributed by atoms with E-state index in [0.29, 0.717) is 5.92 Å². The molecule has 0 radical (unpaired) electrons. The van der Waals surface area contributed by atoms with Crippen molar-refractivity contribution in [1.82, 2.24) is 4.57 Å². The average Bonchev–Trinajstić information content (AvgIpc) is 2.68. The smallest absolute Gasteiger partial charge is 0.0480 e. The van der Waals surface area contributed by atoms with Gasteiger partial charge in [0.2, 0.25) is 0 Å². The summed E-state index contributed by atoms with van der Waals surface area (Å²) < 4.78 is 2.34. The first-order valence-corrected chi connectivity index (χ1v) is 6.48. The summed E-state index contributed by atoms with van der Waals surface area (Å²) >= 11 is 0. The van der Waals surface area contributed by atoms with E-state index in [1.165, 1.54) is 16.5 Å². The lowest BCUT2D eigenvalue weighted by Crippen LogP contribution is -2.02. The highest BCUT2D eigenvalue weighted by molar-refractivity contribution is 5.80. The van der Waals surface area contributed by atoms with Crippen LogP contribution in [0.2, 0.25) is 0 Å². The minimum atomic E-state index is 0.683. The van der Waals surface area contributed by atoms with Crippen molar-refractivity contribution < 1.29 is 0 Å². The van der Waals surface area contributed by atoms with Gasteiger partial charge >= 0.3 is 0 Å². The van der Waals surface area contributed by atoms with Gasteiger partial charge in [-0.05, 0) is 54.5 Å². The molecule has 0 unspecified atom stereocenters. The number of nitrogens with two attached hydrogens (primary N) is 1. The van der Waals surface area contributed by atoms with Gasteiger partial charge in [0.25, 0.3) is 0 Å². The fraction of sp³-hybridized carbons (Fsp3) is 0.467. The second-order valence-electron chi connectivity index (χ2n) is 5.15. The maximum atomic E-state index is 5.54. The third kappa shape index (κ3) is 2.89. The van der Waals surface area contributed by atoms with E-state index in [-0.39, 0.29) is 0 Å². The molecular weight excluding hydrogens is 208 g/mol. The quantitative estimate of drug-likeness (QED) is 0.840. The Bertz CT molecular complexity index is 483. The fourth-order valence-electron chi connectivity index (χ4n) is 2.26.